The van der Waals surface area contributed by atoms with Crippen LogP contribution in [0, 0.1) is 0 Å². The van der Waals surface area contributed by atoms with E-state index in [2.05, 4.69) is 6.92 Å². The van der Waals surface area contributed by atoms with E-state index in [0.29, 0.717) is 6.42 Å². The van der Waals surface area contributed by atoms with Crippen molar-refractivity contribution >= 4 is 23.9 Å². The zero-order chi connectivity index (χ0) is 18.5. The normalized spacial score (nSPS) is 9.15. The molecule has 134 valence electrons. The summed E-state index contributed by atoms with van der Waals surface area (Å²) in [6, 6.07) is 0. The molecule has 9 nitrogen and oxygen atoms in total. The van der Waals surface area contributed by atoms with Gasteiger partial charge in [0.1, 0.15) is 5.60 Å². The first-order valence-corrected chi connectivity index (χ1v) is 7.10. The van der Waals surface area contributed by atoms with Crippen LogP contribution in [0.4, 0.5) is 0 Å². The first-order chi connectivity index (χ1) is 10.5. The van der Waals surface area contributed by atoms with E-state index >= 15 is 0 Å². The van der Waals surface area contributed by atoms with Crippen molar-refractivity contribution in [1.29, 1.82) is 0 Å². The standard InChI is InChI=1S/C8H16O2.C6H8O7.3Na/c1-2-3-4-5-6-7-8(9)10;7-3(8)1-6(13,5(11)12)2-4(9)10;;;/h2-7H2,1H3,(H,9,10);13H,1-2H2,(H,7,8)(H,9,10)(H,11,12);;;/q;;3*+1/p-3. The van der Waals surface area contributed by atoms with Crippen LogP contribution in [0.1, 0.15) is 58.3 Å². The van der Waals surface area contributed by atoms with Gasteiger partial charge in [0.05, 0.1) is 5.97 Å². The van der Waals surface area contributed by atoms with E-state index < -0.39 is 42.3 Å². The maximum Gasteiger partial charge on any atom is 1.00 e. The van der Waals surface area contributed by atoms with Crippen LogP contribution in [0.3, 0.4) is 0 Å². The summed E-state index contributed by atoms with van der Waals surface area (Å²) < 4.78 is 0. The van der Waals surface area contributed by atoms with E-state index in [1.54, 1.807) is 0 Å². The summed E-state index contributed by atoms with van der Waals surface area (Å²) in [5, 5.41) is 47.2. The molecule has 0 saturated carbocycles. The second-order valence-corrected chi connectivity index (χ2v) is 4.97. The van der Waals surface area contributed by atoms with E-state index in [0.717, 1.165) is 12.8 Å². The van der Waals surface area contributed by atoms with Crippen molar-refractivity contribution in [1.82, 2.24) is 0 Å². The summed E-state index contributed by atoms with van der Waals surface area (Å²) in [4.78, 5) is 40.0. The Morgan fingerprint density at radius 3 is 1.46 bits per heavy atom. The van der Waals surface area contributed by atoms with Gasteiger partial charge in [-0.3, -0.25) is 4.79 Å². The molecule has 0 aromatic carbocycles. The summed E-state index contributed by atoms with van der Waals surface area (Å²) in [5.74, 6) is -6.65. The Labute approximate surface area is 218 Å². The van der Waals surface area contributed by atoms with Gasteiger partial charge in [0.15, 0.2) is 0 Å². The van der Waals surface area contributed by atoms with Gasteiger partial charge in [0, 0.05) is 31.2 Å². The molecule has 0 aliphatic rings. The quantitative estimate of drug-likeness (QED) is 0.251. The van der Waals surface area contributed by atoms with Crippen LogP contribution in [-0.4, -0.2) is 39.7 Å². The number of aliphatic hydroxyl groups is 1. The van der Waals surface area contributed by atoms with Crippen LogP contribution in [0.5, 0.6) is 0 Å². The van der Waals surface area contributed by atoms with Crippen LogP contribution in [0.2, 0.25) is 0 Å². The molecule has 0 radical (unpaired) electrons. The number of rotatable bonds is 11. The van der Waals surface area contributed by atoms with E-state index in [-0.39, 0.29) is 88.7 Å². The van der Waals surface area contributed by atoms with Gasteiger partial charge < -0.3 is 39.9 Å². The predicted molar refractivity (Wildman–Crippen MR) is 70.2 cm³/mol. The van der Waals surface area contributed by atoms with Gasteiger partial charge in [-0.1, -0.05) is 32.6 Å². The maximum atomic E-state index is 10.1. The number of carbonyl (C=O) groups is 4. The number of hydrogen-bond donors (Lipinski definition) is 2. The molecule has 0 aromatic rings. The Kier molecular flexibility index (Phi) is 32.0. The van der Waals surface area contributed by atoms with E-state index in [9.17, 15) is 34.5 Å². The first-order valence-electron chi connectivity index (χ1n) is 7.10. The summed E-state index contributed by atoms with van der Waals surface area (Å²) in [5.41, 5.74) is -2.97. The largest absolute Gasteiger partial charge is 1.00 e. The minimum atomic E-state index is -2.97. The zero-order valence-electron chi connectivity index (χ0n) is 15.9. The third-order valence-corrected chi connectivity index (χ3v) is 2.75. The number of unbranched alkanes of at least 4 members (excludes halogenated alkanes) is 4. The smallest absolute Gasteiger partial charge is 0.550 e. The monoisotopic (exact) mass is 402 g/mol. The van der Waals surface area contributed by atoms with Crippen molar-refractivity contribution in [3.8, 4) is 0 Å². The molecule has 2 N–H and O–H groups in total. The minimum absolute atomic E-state index is 0. The molecule has 0 spiro atoms. The fraction of sp³-hybridized carbons (Fsp3) is 0.714. The van der Waals surface area contributed by atoms with Crippen molar-refractivity contribution < 1.29 is 133 Å². The first kappa shape index (κ1) is 37.6. The fourth-order valence-electron chi connectivity index (χ4n) is 1.56. The molecule has 0 aromatic heterocycles. The van der Waals surface area contributed by atoms with Gasteiger partial charge in [-0.25, -0.2) is 0 Å². The molecule has 0 aliphatic heterocycles. The summed E-state index contributed by atoms with van der Waals surface area (Å²) in [7, 11) is 0. The Bertz CT molecular complexity index is 400. The van der Waals surface area contributed by atoms with Crippen LogP contribution in [0.15, 0.2) is 0 Å². The predicted octanol–water partition coefficient (Wildman–Crippen LogP) is -11.8. The number of carboxylic acids is 4. The molecule has 0 saturated heterocycles. The fourth-order valence-corrected chi connectivity index (χ4v) is 1.56. The van der Waals surface area contributed by atoms with Gasteiger partial charge in [-0.05, 0) is 6.42 Å². The van der Waals surface area contributed by atoms with Gasteiger partial charge in [-0.2, -0.15) is 0 Å². The molecule has 0 bridgehead atoms. The number of aliphatic carboxylic acids is 4. The van der Waals surface area contributed by atoms with Crippen LogP contribution < -0.4 is 104 Å². The van der Waals surface area contributed by atoms with Crippen molar-refractivity contribution in [2.75, 3.05) is 0 Å². The van der Waals surface area contributed by atoms with Gasteiger partial charge in [0.2, 0.25) is 0 Å². The van der Waals surface area contributed by atoms with E-state index in [1.165, 1.54) is 19.3 Å². The Morgan fingerprint density at radius 2 is 1.19 bits per heavy atom. The van der Waals surface area contributed by atoms with E-state index in [4.69, 9.17) is 10.2 Å². The second-order valence-electron chi connectivity index (χ2n) is 4.97. The van der Waals surface area contributed by atoms with Crippen molar-refractivity contribution in [2.24, 2.45) is 0 Å². The van der Waals surface area contributed by atoms with Crippen LogP contribution in [0.25, 0.3) is 0 Å². The second kappa shape index (κ2) is 22.1. The van der Waals surface area contributed by atoms with E-state index in [1.807, 2.05) is 0 Å². The summed E-state index contributed by atoms with van der Waals surface area (Å²) >= 11 is 0. The summed E-state index contributed by atoms with van der Waals surface area (Å²) in [6.07, 6.45) is 3.17. The molecule has 26 heavy (non-hydrogen) atoms. The zero-order valence-corrected chi connectivity index (χ0v) is 21.9. The Hall–Kier alpha value is 0.840. The topological polar surface area (TPSA) is 178 Å². The molecule has 0 unspecified atom stereocenters. The maximum absolute atomic E-state index is 10.1. The number of carbonyl (C=O) groups excluding carboxylic acids is 3. The van der Waals surface area contributed by atoms with Gasteiger partial charge in [0.25, 0.3) is 0 Å². The molecule has 12 heteroatoms. The third kappa shape index (κ3) is 24.8. The van der Waals surface area contributed by atoms with Crippen LogP contribution >= 0.6 is 0 Å². The molecule has 0 aliphatic carbocycles. The SMILES string of the molecule is CCCCCCCC(=O)O.O=C([O-])CC(O)(CC(=O)[O-])C(=O)[O-].[Na+].[Na+].[Na+]. The minimum Gasteiger partial charge on any atom is -0.550 e. The van der Waals surface area contributed by atoms with Crippen molar-refractivity contribution in [3.05, 3.63) is 0 Å². The number of hydrogen-bond acceptors (Lipinski definition) is 8. The molecular formula is C14H21Na3O9. The average Bonchev–Trinajstić information content (AvgIpc) is 2.36. The van der Waals surface area contributed by atoms with Crippen molar-refractivity contribution in [2.45, 2.75) is 63.9 Å². The molecule has 0 amide bonds. The van der Waals surface area contributed by atoms with Crippen LogP contribution in [-0.2, 0) is 19.2 Å². The molecule has 0 rings (SSSR count). The Morgan fingerprint density at radius 1 is 0.808 bits per heavy atom. The molecular weight excluding hydrogens is 381 g/mol. The van der Waals surface area contributed by atoms with Crippen molar-refractivity contribution in [3.63, 3.8) is 0 Å². The third-order valence-electron chi connectivity index (χ3n) is 2.75. The van der Waals surface area contributed by atoms with Gasteiger partial charge in [-0.15, -0.1) is 0 Å². The Balaban J connectivity index is -0.000000104. The molecule has 0 atom stereocenters. The number of carboxylic acid groups (broad SMARTS) is 4. The molecule has 0 fully saturated rings. The molecule has 0 heterocycles. The van der Waals surface area contributed by atoms with Gasteiger partial charge >= 0.3 is 94.6 Å². The average molecular weight is 402 g/mol. The summed E-state index contributed by atoms with van der Waals surface area (Å²) in [6.45, 7) is 2.15.